The molecule has 1 unspecified atom stereocenters. The lowest BCUT2D eigenvalue weighted by molar-refractivity contribution is 0.112. The van der Waals surface area contributed by atoms with Gasteiger partial charge in [-0.1, -0.05) is 11.6 Å². The van der Waals surface area contributed by atoms with E-state index in [0.29, 0.717) is 12.1 Å². The highest BCUT2D eigenvalue weighted by Crippen LogP contribution is 2.21. The van der Waals surface area contributed by atoms with Crippen molar-refractivity contribution in [2.24, 2.45) is 7.05 Å². The molecule has 0 radical (unpaired) electrons. The van der Waals surface area contributed by atoms with Crippen molar-refractivity contribution < 1.29 is 4.79 Å². The van der Waals surface area contributed by atoms with E-state index in [1.807, 2.05) is 14.0 Å². The summed E-state index contributed by atoms with van der Waals surface area (Å²) < 4.78 is 1.78. The maximum Gasteiger partial charge on any atom is 0.156 e. The Kier molecular flexibility index (Phi) is 3.52. The van der Waals surface area contributed by atoms with Gasteiger partial charge < -0.3 is 9.88 Å². The van der Waals surface area contributed by atoms with E-state index >= 15 is 0 Å². The quantitative estimate of drug-likeness (QED) is 0.662. The van der Waals surface area contributed by atoms with E-state index < -0.39 is 0 Å². The van der Waals surface area contributed by atoms with Crippen molar-refractivity contribution in [1.29, 1.82) is 0 Å². The van der Waals surface area contributed by atoms with Crippen LogP contribution in [0.2, 0.25) is 5.15 Å². The fourth-order valence-corrected chi connectivity index (χ4v) is 1.73. The van der Waals surface area contributed by atoms with Crippen LogP contribution in [0.1, 0.15) is 29.1 Å². The summed E-state index contributed by atoms with van der Waals surface area (Å²) in [5, 5.41) is 10.9. The van der Waals surface area contributed by atoms with E-state index in [1.54, 1.807) is 10.9 Å². The SMILES string of the molecule is CC(Nc1ncnc(Cl)c1C=O)c1nncn1C. The molecule has 0 spiro atoms. The molecule has 0 aromatic carbocycles. The second-order valence-corrected chi connectivity index (χ2v) is 4.07. The second kappa shape index (κ2) is 5.09. The van der Waals surface area contributed by atoms with Crippen LogP contribution in [0.25, 0.3) is 0 Å². The van der Waals surface area contributed by atoms with E-state index in [1.165, 1.54) is 6.33 Å². The smallest absolute Gasteiger partial charge is 0.156 e. The van der Waals surface area contributed by atoms with Crippen molar-refractivity contribution in [1.82, 2.24) is 24.7 Å². The minimum absolute atomic E-state index is 0.118. The average molecular weight is 267 g/mol. The molecule has 2 heterocycles. The fourth-order valence-electron chi connectivity index (χ4n) is 1.55. The molecular formula is C10H11ClN6O. The third kappa shape index (κ3) is 2.30. The van der Waals surface area contributed by atoms with Gasteiger partial charge in [-0.05, 0) is 6.92 Å². The number of carbonyl (C=O) groups is 1. The molecule has 7 nitrogen and oxygen atoms in total. The zero-order valence-corrected chi connectivity index (χ0v) is 10.6. The summed E-state index contributed by atoms with van der Waals surface area (Å²) in [5.41, 5.74) is 0.230. The highest BCUT2D eigenvalue weighted by Gasteiger charge is 2.15. The van der Waals surface area contributed by atoms with Gasteiger partial charge >= 0.3 is 0 Å². The first-order valence-corrected chi connectivity index (χ1v) is 5.57. The van der Waals surface area contributed by atoms with Gasteiger partial charge in [0.1, 0.15) is 23.6 Å². The summed E-state index contributed by atoms with van der Waals surface area (Å²) in [6, 6.07) is -0.165. The molecule has 1 N–H and O–H groups in total. The van der Waals surface area contributed by atoms with Crippen LogP contribution in [0.5, 0.6) is 0 Å². The lowest BCUT2D eigenvalue weighted by Gasteiger charge is -2.14. The number of nitrogens with one attached hydrogen (secondary N) is 1. The Morgan fingerprint density at radius 3 is 2.89 bits per heavy atom. The monoisotopic (exact) mass is 266 g/mol. The Morgan fingerprint density at radius 2 is 2.28 bits per heavy atom. The van der Waals surface area contributed by atoms with Crippen molar-refractivity contribution in [3.05, 3.63) is 29.2 Å². The third-order valence-corrected chi connectivity index (χ3v) is 2.74. The highest BCUT2D eigenvalue weighted by atomic mass is 35.5. The lowest BCUT2D eigenvalue weighted by atomic mass is 10.2. The molecule has 0 aliphatic carbocycles. The number of hydrogen-bond donors (Lipinski definition) is 1. The van der Waals surface area contributed by atoms with Crippen molar-refractivity contribution >= 4 is 23.7 Å². The molecule has 0 fully saturated rings. The van der Waals surface area contributed by atoms with Crippen molar-refractivity contribution in [2.75, 3.05) is 5.32 Å². The van der Waals surface area contributed by atoms with Gasteiger partial charge in [-0.2, -0.15) is 0 Å². The number of aromatic nitrogens is 5. The Morgan fingerprint density at radius 1 is 1.50 bits per heavy atom. The molecule has 0 bridgehead atoms. The molecule has 0 saturated heterocycles. The van der Waals surface area contributed by atoms with E-state index in [9.17, 15) is 4.79 Å². The summed E-state index contributed by atoms with van der Waals surface area (Å²) in [6.45, 7) is 1.88. The van der Waals surface area contributed by atoms with Crippen LogP contribution in [-0.4, -0.2) is 31.0 Å². The molecule has 0 aliphatic rings. The number of aryl methyl sites for hydroxylation is 1. The number of aldehydes is 1. The zero-order chi connectivity index (χ0) is 13.1. The van der Waals surface area contributed by atoms with E-state index in [4.69, 9.17) is 11.6 Å². The topological polar surface area (TPSA) is 85.6 Å². The van der Waals surface area contributed by atoms with Gasteiger partial charge in [-0.3, -0.25) is 4.79 Å². The number of hydrogen-bond acceptors (Lipinski definition) is 6. The molecule has 1 atom stereocenters. The number of halogens is 1. The molecule has 8 heteroatoms. The molecule has 2 aromatic heterocycles. The Labute approximate surface area is 108 Å². The molecule has 0 aliphatic heterocycles. The maximum atomic E-state index is 10.9. The number of nitrogens with zero attached hydrogens (tertiary/aromatic N) is 5. The fraction of sp³-hybridized carbons (Fsp3) is 0.300. The van der Waals surface area contributed by atoms with Gasteiger partial charge in [-0.25, -0.2) is 9.97 Å². The van der Waals surface area contributed by atoms with Crippen LogP contribution in [-0.2, 0) is 7.05 Å². The molecule has 2 rings (SSSR count). The van der Waals surface area contributed by atoms with Crippen LogP contribution < -0.4 is 5.32 Å². The zero-order valence-electron chi connectivity index (χ0n) is 9.83. The molecule has 0 saturated carbocycles. The van der Waals surface area contributed by atoms with Crippen LogP contribution in [0, 0.1) is 0 Å². The van der Waals surface area contributed by atoms with Crippen LogP contribution in [0.15, 0.2) is 12.7 Å². The molecule has 18 heavy (non-hydrogen) atoms. The molecule has 0 amide bonds. The molecule has 2 aromatic rings. The third-order valence-electron chi connectivity index (χ3n) is 2.44. The Bertz CT molecular complexity index is 569. The van der Waals surface area contributed by atoms with Gasteiger partial charge in [0.2, 0.25) is 0 Å². The minimum atomic E-state index is -0.165. The first kappa shape index (κ1) is 12.4. The van der Waals surface area contributed by atoms with Crippen LogP contribution >= 0.6 is 11.6 Å². The largest absolute Gasteiger partial charge is 0.360 e. The average Bonchev–Trinajstić information content (AvgIpc) is 2.76. The maximum absolute atomic E-state index is 10.9. The number of carbonyl (C=O) groups excluding carboxylic acids is 1. The van der Waals surface area contributed by atoms with Gasteiger partial charge in [0, 0.05) is 7.05 Å². The summed E-state index contributed by atoms with van der Waals surface area (Å²) in [5.74, 6) is 1.10. The standard InChI is InChI=1S/C10H11ClN6O/c1-6(10-16-14-5-17(10)2)15-9-7(3-18)8(11)12-4-13-9/h3-6H,1-2H3,(H,12,13,15). The van der Waals surface area contributed by atoms with Gasteiger partial charge in [0.15, 0.2) is 12.1 Å². The van der Waals surface area contributed by atoms with Gasteiger partial charge in [0.25, 0.3) is 0 Å². The normalized spacial score (nSPS) is 12.2. The first-order chi connectivity index (χ1) is 8.63. The second-order valence-electron chi connectivity index (χ2n) is 3.71. The van der Waals surface area contributed by atoms with Gasteiger partial charge in [0.05, 0.1) is 11.6 Å². The highest BCUT2D eigenvalue weighted by molar-refractivity contribution is 6.32. The van der Waals surface area contributed by atoms with Crippen LogP contribution in [0.3, 0.4) is 0 Å². The lowest BCUT2D eigenvalue weighted by Crippen LogP contribution is -2.14. The van der Waals surface area contributed by atoms with E-state index in [-0.39, 0.29) is 16.8 Å². The number of rotatable bonds is 4. The molecule has 94 valence electrons. The summed E-state index contributed by atoms with van der Waals surface area (Å²) in [7, 11) is 1.83. The first-order valence-electron chi connectivity index (χ1n) is 5.19. The Hall–Kier alpha value is -2.02. The Balaban J connectivity index is 2.27. The minimum Gasteiger partial charge on any atom is -0.360 e. The summed E-state index contributed by atoms with van der Waals surface area (Å²) in [4.78, 5) is 18.7. The van der Waals surface area contributed by atoms with Crippen LogP contribution in [0.4, 0.5) is 5.82 Å². The molecular weight excluding hydrogens is 256 g/mol. The van der Waals surface area contributed by atoms with Crippen molar-refractivity contribution in [3.8, 4) is 0 Å². The summed E-state index contributed by atoms with van der Waals surface area (Å²) >= 11 is 5.81. The van der Waals surface area contributed by atoms with Crippen molar-refractivity contribution in [2.45, 2.75) is 13.0 Å². The summed E-state index contributed by atoms with van der Waals surface area (Å²) in [6.07, 6.45) is 3.51. The van der Waals surface area contributed by atoms with E-state index in [0.717, 1.165) is 5.82 Å². The van der Waals surface area contributed by atoms with Crippen molar-refractivity contribution in [3.63, 3.8) is 0 Å². The predicted molar refractivity (Wildman–Crippen MR) is 65.5 cm³/mol. The van der Waals surface area contributed by atoms with Gasteiger partial charge in [-0.15, -0.1) is 10.2 Å². The number of anilines is 1. The predicted octanol–water partition coefficient (Wildman–Crippen LogP) is 1.24. The van der Waals surface area contributed by atoms with E-state index in [2.05, 4.69) is 25.5 Å².